The fourth-order valence-corrected chi connectivity index (χ4v) is 1.71. The van der Waals surface area contributed by atoms with Crippen molar-refractivity contribution in [2.45, 2.75) is 0 Å². The van der Waals surface area contributed by atoms with Gasteiger partial charge in [0.25, 0.3) is 0 Å². The molecule has 1 aliphatic heterocycles. The Hall–Kier alpha value is -4.48. The minimum Gasteiger partial charge on any atom is -0.478 e. The smallest absolute Gasteiger partial charge is 0.328 e. The number of rotatable bonds is 6. The molecule has 0 bridgehead atoms. The lowest BCUT2D eigenvalue weighted by Gasteiger charge is -2.06. The third-order valence-corrected chi connectivity index (χ3v) is 2.81. The molecule has 1 aromatic carbocycles. The largest absolute Gasteiger partial charge is 0.478 e. The number of nitrogens with one attached hydrogen (secondary N) is 4. The highest BCUT2D eigenvalue weighted by molar-refractivity contribution is 6.04. The van der Waals surface area contributed by atoms with Crippen LogP contribution in [0.25, 0.3) is 0 Å². The van der Waals surface area contributed by atoms with E-state index in [9.17, 15) is 28.8 Å². The lowest BCUT2D eigenvalue weighted by molar-refractivity contribution is -0.132. The number of imide groups is 1. The number of aliphatic carboxylic acids is 2. The Morgan fingerprint density at radius 1 is 0.862 bits per heavy atom. The zero-order chi connectivity index (χ0) is 21.8. The number of benzene rings is 1. The Labute approximate surface area is 163 Å². The van der Waals surface area contributed by atoms with Gasteiger partial charge in [0.15, 0.2) is 0 Å². The summed E-state index contributed by atoms with van der Waals surface area (Å²) in [6.07, 6.45) is 3.09. The number of carbonyl (C=O) groups is 6. The Balaban J connectivity index is 0.000000502. The second-order valence-electron chi connectivity index (χ2n) is 5.13. The summed E-state index contributed by atoms with van der Waals surface area (Å²) in [5.41, 5.74) is 0.667. The predicted molar refractivity (Wildman–Crippen MR) is 98.8 cm³/mol. The fourth-order valence-electron chi connectivity index (χ4n) is 1.71. The summed E-state index contributed by atoms with van der Waals surface area (Å²) >= 11 is 0. The van der Waals surface area contributed by atoms with E-state index in [2.05, 4.69) is 16.0 Å². The molecule has 1 aromatic rings. The van der Waals surface area contributed by atoms with E-state index in [4.69, 9.17) is 10.2 Å². The minimum atomic E-state index is -1.25. The first-order valence-corrected chi connectivity index (χ1v) is 7.77. The molecule has 0 saturated carbocycles. The van der Waals surface area contributed by atoms with Gasteiger partial charge in [-0.25, -0.2) is 14.4 Å². The lowest BCUT2D eigenvalue weighted by Crippen LogP contribution is -2.22. The van der Waals surface area contributed by atoms with Crippen LogP contribution in [0.3, 0.4) is 0 Å². The van der Waals surface area contributed by atoms with E-state index in [-0.39, 0.29) is 12.5 Å². The molecular formula is C17H16N4O8. The molecule has 29 heavy (non-hydrogen) atoms. The summed E-state index contributed by atoms with van der Waals surface area (Å²) in [4.78, 5) is 63.4. The Kier molecular flexibility index (Phi) is 8.77. The molecule has 12 heteroatoms. The van der Waals surface area contributed by atoms with Gasteiger partial charge in [-0.2, -0.15) is 0 Å². The van der Waals surface area contributed by atoms with E-state index in [1.165, 1.54) is 18.2 Å². The van der Waals surface area contributed by atoms with Gasteiger partial charge in [0, 0.05) is 35.7 Å². The van der Waals surface area contributed by atoms with E-state index in [1.54, 1.807) is 6.07 Å². The molecule has 2 rings (SSSR count). The molecule has 1 saturated heterocycles. The molecule has 0 aliphatic carbocycles. The normalized spacial score (nSPS) is 12.6. The topological polar surface area (TPSA) is 191 Å². The van der Waals surface area contributed by atoms with Crippen molar-refractivity contribution >= 4 is 47.1 Å². The van der Waals surface area contributed by atoms with Crippen molar-refractivity contribution < 1.29 is 39.0 Å². The number of carboxylic acids is 2. The van der Waals surface area contributed by atoms with Crippen molar-refractivity contribution in [1.29, 1.82) is 0 Å². The molecule has 1 fully saturated rings. The van der Waals surface area contributed by atoms with Crippen LogP contribution in [0.15, 0.2) is 48.6 Å². The predicted octanol–water partition coefficient (Wildman–Crippen LogP) is -0.329. The van der Waals surface area contributed by atoms with Crippen LogP contribution in [0.1, 0.15) is 0 Å². The van der Waals surface area contributed by atoms with Gasteiger partial charge in [0.1, 0.15) is 0 Å². The first-order valence-electron chi connectivity index (χ1n) is 7.77. The number of hydrogen-bond donors (Lipinski definition) is 6. The highest BCUT2D eigenvalue weighted by Gasteiger charge is 2.14. The van der Waals surface area contributed by atoms with Crippen LogP contribution in [0, 0.1) is 0 Å². The Bertz CT molecular complexity index is 824. The molecule has 0 unspecified atom stereocenters. The molecule has 152 valence electrons. The molecular weight excluding hydrogens is 388 g/mol. The van der Waals surface area contributed by atoms with Crippen LogP contribution in [0.5, 0.6) is 0 Å². The first kappa shape index (κ1) is 22.6. The number of carboxylic acid groups (broad SMARTS) is 2. The number of urea groups is 1. The van der Waals surface area contributed by atoms with Gasteiger partial charge in [0.2, 0.25) is 17.7 Å². The summed E-state index contributed by atoms with van der Waals surface area (Å²) < 4.78 is 0. The lowest BCUT2D eigenvalue weighted by atomic mass is 10.2. The average molecular weight is 404 g/mol. The first-order chi connectivity index (χ1) is 13.7. The van der Waals surface area contributed by atoms with Crippen molar-refractivity contribution in [3.05, 3.63) is 48.6 Å². The Morgan fingerprint density at radius 2 is 1.34 bits per heavy atom. The molecule has 1 heterocycles. The minimum absolute atomic E-state index is 0.124. The average Bonchev–Trinajstić information content (AvgIpc) is 3.02. The van der Waals surface area contributed by atoms with Crippen LogP contribution in [0.4, 0.5) is 16.2 Å². The monoisotopic (exact) mass is 404 g/mol. The number of anilines is 2. The maximum atomic E-state index is 11.4. The maximum Gasteiger partial charge on any atom is 0.328 e. The molecule has 0 atom stereocenters. The van der Waals surface area contributed by atoms with Gasteiger partial charge >= 0.3 is 18.0 Å². The van der Waals surface area contributed by atoms with Crippen molar-refractivity contribution in [3.8, 4) is 0 Å². The maximum absolute atomic E-state index is 11.4. The van der Waals surface area contributed by atoms with Crippen molar-refractivity contribution in [3.63, 3.8) is 0 Å². The Morgan fingerprint density at radius 3 is 1.66 bits per heavy atom. The fraction of sp³-hybridized carbons (Fsp3) is 0.0588. The number of hydrogen-bond acceptors (Lipinski definition) is 6. The van der Waals surface area contributed by atoms with Crippen molar-refractivity contribution in [2.24, 2.45) is 0 Å². The SMILES string of the molecule is O=C(O)/C=C\C(=O)Nc1cccc(NC(=O)/C=C\C(=O)O)c1.O=C1CNC(=O)N1. The summed E-state index contributed by atoms with van der Waals surface area (Å²) in [6, 6.07) is 5.65. The second-order valence-corrected chi connectivity index (χ2v) is 5.13. The van der Waals surface area contributed by atoms with Gasteiger partial charge in [-0.3, -0.25) is 19.7 Å². The summed E-state index contributed by atoms with van der Waals surface area (Å²) in [7, 11) is 0. The zero-order valence-corrected chi connectivity index (χ0v) is 14.7. The zero-order valence-electron chi connectivity index (χ0n) is 14.7. The van der Waals surface area contributed by atoms with Gasteiger partial charge in [-0.1, -0.05) is 6.07 Å². The van der Waals surface area contributed by atoms with E-state index < -0.39 is 29.8 Å². The van der Waals surface area contributed by atoms with Crippen LogP contribution < -0.4 is 21.3 Å². The third kappa shape index (κ3) is 10.3. The van der Waals surface area contributed by atoms with Crippen LogP contribution in [-0.2, 0) is 24.0 Å². The molecule has 0 spiro atoms. The standard InChI is InChI=1S/C14H12N2O6.C3H4N2O2/c17-11(4-6-13(19)20)15-9-2-1-3-10(8-9)16-12(18)5-7-14(21)22;6-2-1-4-3(7)5-2/h1-8H,(H,15,17)(H,16,18)(H,19,20)(H,21,22);1H2,(H2,4,5,6,7)/b6-4-,7-5-;. The van der Waals surface area contributed by atoms with Crippen molar-refractivity contribution in [2.75, 3.05) is 17.2 Å². The van der Waals surface area contributed by atoms with E-state index in [0.29, 0.717) is 23.5 Å². The molecule has 0 aromatic heterocycles. The van der Waals surface area contributed by atoms with Crippen LogP contribution in [0.2, 0.25) is 0 Å². The molecule has 5 amide bonds. The van der Waals surface area contributed by atoms with Gasteiger partial charge < -0.3 is 26.2 Å². The summed E-state index contributed by atoms with van der Waals surface area (Å²) in [5, 5.41) is 25.9. The number of carbonyl (C=O) groups excluding carboxylic acids is 4. The van der Waals surface area contributed by atoms with Gasteiger partial charge in [-0.15, -0.1) is 0 Å². The van der Waals surface area contributed by atoms with E-state index >= 15 is 0 Å². The van der Waals surface area contributed by atoms with E-state index in [1.807, 2.05) is 5.32 Å². The molecule has 0 radical (unpaired) electrons. The summed E-state index contributed by atoms with van der Waals surface area (Å²) in [6.45, 7) is 0.124. The quantitative estimate of drug-likeness (QED) is 0.274. The molecule has 6 N–H and O–H groups in total. The third-order valence-electron chi connectivity index (χ3n) is 2.81. The molecule has 1 aliphatic rings. The number of amides is 5. The highest BCUT2D eigenvalue weighted by atomic mass is 16.4. The van der Waals surface area contributed by atoms with Crippen molar-refractivity contribution in [1.82, 2.24) is 10.6 Å². The highest BCUT2D eigenvalue weighted by Crippen LogP contribution is 2.15. The van der Waals surface area contributed by atoms with E-state index in [0.717, 1.165) is 12.2 Å². The van der Waals surface area contributed by atoms with Gasteiger partial charge in [0.05, 0.1) is 6.54 Å². The van der Waals surface area contributed by atoms with Crippen LogP contribution >= 0.6 is 0 Å². The van der Waals surface area contributed by atoms with Crippen LogP contribution in [-0.4, -0.2) is 52.4 Å². The van der Waals surface area contributed by atoms with Gasteiger partial charge in [-0.05, 0) is 18.2 Å². The summed E-state index contributed by atoms with van der Waals surface area (Å²) in [5.74, 6) is -4.04. The molecule has 12 nitrogen and oxygen atoms in total. The second kappa shape index (κ2) is 11.3.